The second-order valence-electron chi connectivity index (χ2n) is 4.03. The molecule has 18 heavy (non-hydrogen) atoms. The molecule has 1 aromatic rings. The first-order chi connectivity index (χ1) is 8.52. The van der Waals surface area contributed by atoms with Gasteiger partial charge in [-0.15, -0.1) is 0 Å². The third kappa shape index (κ3) is 5.02. The lowest BCUT2D eigenvalue weighted by Crippen LogP contribution is -2.22. The van der Waals surface area contributed by atoms with E-state index in [0.717, 1.165) is 0 Å². The van der Waals surface area contributed by atoms with Crippen LogP contribution in [0.4, 0.5) is 4.39 Å². The van der Waals surface area contributed by atoms with Crippen molar-refractivity contribution in [2.45, 2.75) is 19.9 Å². The maximum Gasteiger partial charge on any atom is 0.307 e. The number of esters is 1. The van der Waals surface area contributed by atoms with Gasteiger partial charge in [-0.2, -0.15) is 0 Å². The number of nitrogens with zero attached hydrogens (tertiary/aromatic N) is 1. The highest BCUT2D eigenvalue weighted by molar-refractivity contribution is 6.30. The van der Waals surface area contributed by atoms with Crippen LogP contribution in [0.3, 0.4) is 0 Å². The number of ether oxygens (including phenoxy) is 1. The van der Waals surface area contributed by atoms with Crippen LogP contribution in [0, 0.1) is 5.82 Å². The smallest absolute Gasteiger partial charge is 0.307 e. The fourth-order valence-corrected chi connectivity index (χ4v) is 1.69. The van der Waals surface area contributed by atoms with Gasteiger partial charge < -0.3 is 9.64 Å². The number of halogens is 2. The van der Waals surface area contributed by atoms with Gasteiger partial charge in [0.15, 0.2) is 0 Å². The molecule has 100 valence electrons. The molecule has 1 rings (SSSR count). The van der Waals surface area contributed by atoms with E-state index in [1.165, 1.54) is 6.07 Å². The second-order valence-corrected chi connectivity index (χ2v) is 4.46. The number of hydrogen-bond acceptors (Lipinski definition) is 3. The molecule has 5 heteroatoms. The summed E-state index contributed by atoms with van der Waals surface area (Å²) in [5, 5.41) is 0.380. The minimum absolute atomic E-state index is 0.235. The van der Waals surface area contributed by atoms with Gasteiger partial charge in [0.25, 0.3) is 0 Å². The Morgan fingerprint density at radius 1 is 1.50 bits per heavy atom. The van der Waals surface area contributed by atoms with Crippen LogP contribution < -0.4 is 0 Å². The first kappa shape index (κ1) is 14.9. The summed E-state index contributed by atoms with van der Waals surface area (Å²) in [6, 6.07) is 4.59. The van der Waals surface area contributed by atoms with Crippen molar-refractivity contribution in [1.82, 2.24) is 4.90 Å². The van der Waals surface area contributed by atoms with Crippen molar-refractivity contribution < 1.29 is 13.9 Å². The highest BCUT2D eigenvalue weighted by Crippen LogP contribution is 2.15. The van der Waals surface area contributed by atoms with Gasteiger partial charge in [0.05, 0.1) is 13.0 Å². The first-order valence-corrected chi connectivity index (χ1v) is 6.18. The minimum Gasteiger partial charge on any atom is -0.466 e. The molecule has 0 heterocycles. The van der Waals surface area contributed by atoms with Gasteiger partial charge in [-0.25, -0.2) is 4.39 Å². The third-order valence-electron chi connectivity index (χ3n) is 2.46. The summed E-state index contributed by atoms with van der Waals surface area (Å²) in [7, 11) is 1.83. The fraction of sp³-hybridized carbons (Fsp3) is 0.462. The molecular weight excluding hydrogens is 257 g/mol. The average Bonchev–Trinajstić information content (AvgIpc) is 2.31. The number of benzene rings is 1. The predicted octanol–water partition coefficient (Wildman–Crippen LogP) is 2.86. The van der Waals surface area contributed by atoms with Gasteiger partial charge in [-0.05, 0) is 26.1 Å². The van der Waals surface area contributed by atoms with Crippen LogP contribution in [-0.2, 0) is 16.1 Å². The fourth-order valence-electron chi connectivity index (χ4n) is 1.54. The summed E-state index contributed by atoms with van der Waals surface area (Å²) in [5.41, 5.74) is 0.561. The Bertz CT molecular complexity index is 412. The molecule has 0 aliphatic rings. The van der Waals surface area contributed by atoms with Crippen LogP contribution in [0.25, 0.3) is 0 Å². The summed E-state index contributed by atoms with van der Waals surface area (Å²) in [6.07, 6.45) is 0.305. The maximum atomic E-state index is 13.5. The van der Waals surface area contributed by atoms with Crippen molar-refractivity contribution in [3.8, 4) is 0 Å². The summed E-state index contributed by atoms with van der Waals surface area (Å²) >= 11 is 5.68. The van der Waals surface area contributed by atoms with E-state index in [9.17, 15) is 9.18 Å². The molecule has 0 aliphatic heterocycles. The molecule has 0 aromatic heterocycles. The molecule has 0 atom stereocenters. The molecule has 0 fully saturated rings. The highest BCUT2D eigenvalue weighted by atomic mass is 35.5. The Kier molecular flexibility index (Phi) is 6.09. The third-order valence-corrected chi connectivity index (χ3v) is 2.69. The molecule has 0 aliphatic carbocycles. The van der Waals surface area contributed by atoms with Crippen LogP contribution in [0.1, 0.15) is 18.9 Å². The summed E-state index contributed by atoms with van der Waals surface area (Å²) in [6.45, 7) is 3.11. The number of carbonyl (C=O) groups excluding carboxylic acids is 1. The second kappa shape index (κ2) is 7.34. The molecule has 1 aromatic carbocycles. The zero-order chi connectivity index (χ0) is 13.5. The topological polar surface area (TPSA) is 29.5 Å². The number of rotatable bonds is 6. The molecular formula is C13H17ClFNO2. The maximum absolute atomic E-state index is 13.5. The van der Waals surface area contributed by atoms with Crippen molar-refractivity contribution >= 4 is 17.6 Å². The lowest BCUT2D eigenvalue weighted by atomic mass is 10.2. The van der Waals surface area contributed by atoms with Crippen molar-refractivity contribution in [1.29, 1.82) is 0 Å². The quantitative estimate of drug-likeness (QED) is 0.747. The van der Waals surface area contributed by atoms with Crippen LogP contribution in [0.15, 0.2) is 18.2 Å². The standard InChI is InChI=1S/C13H17ClFNO2/c1-3-18-13(17)6-7-16(2)9-10-4-5-11(14)8-12(10)15/h4-5,8H,3,6-7,9H2,1-2H3. The molecule has 0 saturated heterocycles. The van der Waals surface area contributed by atoms with E-state index >= 15 is 0 Å². The van der Waals surface area contributed by atoms with E-state index in [1.807, 2.05) is 11.9 Å². The number of hydrogen-bond donors (Lipinski definition) is 0. The molecule has 0 saturated carbocycles. The first-order valence-electron chi connectivity index (χ1n) is 5.81. The molecule has 0 N–H and O–H groups in total. The lowest BCUT2D eigenvalue weighted by molar-refractivity contribution is -0.143. The zero-order valence-corrected chi connectivity index (χ0v) is 11.3. The van der Waals surface area contributed by atoms with Crippen LogP contribution in [-0.4, -0.2) is 31.1 Å². The van der Waals surface area contributed by atoms with Crippen molar-refractivity contribution in [2.75, 3.05) is 20.2 Å². The van der Waals surface area contributed by atoms with Crippen molar-refractivity contribution in [3.63, 3.8) is 0 Å². The van der Waals surface area contributed by atoms with E-state index in [2.05, 4.69) is 0 Å². The van der Waals surface area contributed by atoms with Gasteiger partial charge >= 0.3 is 5.97 Å². The molecule has 0 amide bonds. The van der Waals surface area contributed by atoms with Gasteiger partial charge in [0.2, 0.25) is 0 Å². The van der Waals surface area contributed by atoms with E-state index in [-0.39, 0.29) is 11.8 Å². The van der Waals surface area contributed by atoms with Crippen LogP contribution in [0.2, 0.25) is 5.02 Å². The average molecular weight is 274 g/mol. The Labute approximate surface area is 111 Å². The number of carbonyl (C=O) groups is 1. The van der Waals surface area contributed by atoms with Crippen LogP contribution >= 0.6 is 11.6 Å². The van der Waals surface area contributed by atoms with Crippen molar-refractivity contribution in [2.24, 2.45) is 0 Å². The molecule has 0 bridgehead atoms. The summed E-state index contributed by atoms with van der Waals surface area (Å²) in [5.74, 6) is -0.564. The highest BCUT2D eigenvalue weighted by Gasteiger charge is 2.08. The van der Waals surface area contributed by atoms with Crippen LogP contribution in [0.5, 0.6) is 0 Å². The predicted molar refractivity (Wildman–Crippen MR) is 69.0 cm³/mol. The Morgan fingerprint density at radius 2 is 2.22 bits per heavy atom. The summed E-state index contributed by atoms with van der Waals surface area (Å²) < 4.78 is 18.4. The Balaban J connectivity index is 2.44. The molecule has 0 unspecified atom stereocenters. The van der Waals surface area contributed by atoms with E-state index in [1.54, 1.807) is 19.1 Å². The van der Waals surface area contributed by atoms with Crippen molar-refractivity contribution in [3.05, 3.63) is 34.6 Å². The van der Waals surface area contributed by atoms with Gasteiger partial charge in [-0.1, -0.05) is 17.7 Å². The SMILES string of the molecule is CCOC(=O)CCN(C)Cc1ccc(Cl)cc1F. The van der Waals surface area contributed by atoms with Gasteiger partial charge in [0, 0.05) is 23.7 Å². The lowest BCUT2D eigenvalue weighted by Gasteiger charge is -2.16. The molecule has 3 nitrogen and oxygen atoms in total. The normalized spacial score (nSPS) is 10.7. The summed E-state index contributed by atoms with van der Waals surface area (Å²) in [4.78, 5) is 13.0. The Hall–Kier alpha value is -1.13. The van der Waals surface area contributed by atoms with E-state index in [0.29, 0.717) is 36.7 Å². The van der Waals surface area contributed by atoms with Gasteiger partial charge in [-0.3, -0.25) is 4.79 Å². The minimum atomic E-state index is -0.328. The van der Waals surface area contributed by atoms with E-state index < -0.39 is 0 Å². The van der Waals surface area contributed by atoms with Gasteiger partial charge in [0.1, 0.15) is 5.82 Å². The molecule has 0 radical (unpaired) electrons. The Morgan fingerprint density at radius 3 is 2.83 bits per heavy atom. The molecule has 0 spiro atoms. The largest absolute Gasteiger partial charge is 0.466 e. The van der Waals surface area contributed by atoms with E-state index in [4.69, 9.17) is 16.3 Å². The monoisotopic (exact) mass is 273 g/mol. The zero-order valence-electron chi connectivity index (χ0n) is 10.6.